The lowest BCUT2D eigenvalue weighted by Gasteiger charge is -2.10. The Labute approximate surface area is 154 Å². The smallest absolute Gasteiger partial charge is 0.244 e. The molecule has 122 valence electrons. The first kappa shape index (κ1) is 16.8. The standard InChI is InChI=1S/C16H12Cl3N5/c17-11-5-2-1-4-10(11)8-20-16-23-14(9-21-24-16)22-15-12(18)6-3-7-13(15)19/h1-7,9H,8H2,(H2,20,22,23,24). The van der Waals surface area contributed by atoms with Crippen LogP contribution < -0.4 is 10.6 Å². The highest BCUT2D eigenvalue weighted by molar-refractivity contribution is 6.39. The van der Waals surface area contributed by atoms with E-state index in [1.54, 1.807) is 18.2 Å². The third-order valence-electron chi connectivity index (χ3n) is 3.17. The number of hydrogen-bond acceptors (Lipinski definition) is 5. The fourth-order valence-electron chi connectivity index (χ4n) is 2.00. The fourth-order valence-corrected chi connectivity index (χ4v) is 2.69. The molecule has 0 aliphatic rings. The Balaban J connectivity index is 1.74. The number of rotatable bonds is 5. The molecule has 0 aliphatic carbocycles. The van der Waals surface area contributed by atoms with Gasteiger partial charge in [0.25, 0.3) is 0 Å². The summed E-state index contributed by atoms with van der Waals surface area (Å²) in [5.41, 5.74) is 1.51. The second-order valence-electron chi connectivity index (χ2n) is 4.83. The van der Waals surface area contributed by atoms with Gasteiger partial charge in [-0.3, -0.25) is 0 Å². The maximum absolute atomic E-state index is 6.14. The zero-order chi connectivity index (χ0) is 16.9. The second-order valence-corrected chi connectivity index (χ2v) is 6.05. The fraction of sp³-hybridized carbons (Fsp3) is 0.0625. The summed E-state index contributed by atoms with van der Waals surface area (Å²) >= 11 is 18.4. The minimum atomic E-state index is 0.364. The molecule has 0 aliphatic heterocycles. The Morgan fingerprint density at radius 3 is 2.33 bits per heavy atom. The van der Waals surface area contributed by atoms with E-state index in [4.69, 9.17) is 34.8 Å². The van der Waals surface area contributed by atoms with Crippen molar-refractivity contribution >= 4 is 52.3 Å². The molecule has 2 N–H and O–H groups in total. The quantitative estimate of drug-likeness (QED) is 0.638. The van der Waals surface area contributed by atoms with Crippen molar-refractivity contribution < 1.29 is 0 Å². The predicted molar refractivity (Wildman–Crippen MR) is 98.4 cm³/mol. The molecule has 24 heavy (non-hydrogen) atoms. The highest BCUT2D eigenvalue weighted by Gasteiger charge is 2.08. The molecule has 0 spiro atoms. The molecule has 5 nitrogen and oxygen atoms in total. The number of hydrogen-bond donors (Lipinski definition) is 2. The van der Waals surface area contributed by atoms with Gasteiger partial charge in [0.2, 0.25) is 5.95 Å². The molecule has 0 atom stereocenters. The lowest BCUT2D eigenvalue weighted by atomic mass is 10.2. The summed E-state index contributed by atoms with van der Waals surface area (Å²) in [7, 11) is 0. The maximum atomic E-state index is 6.14. The Bertz CT molecular complexity index is 836. The third-order valence-corrected chi connectivity index (χ3v) is 4.17. The summed E-state index contributed by atoms with van der Waals surface area (Å²) in [5, 5.41) is 15.7. The molecule has 1 aromatic heterocycles. The average Bonchev–Trinajstić information content (AvgIpc) is 2.58. The summed E-state index contributed by atoms with van der Waals surface area (Å²) in [5.74, 6) is 0.838. The van der Waals surface area contributed by atoms with Crippen LogP contribution in [0.1, 0.15) is 5.56 Å². The minimum absolute atomic E-state index is 0.364. The molecule has 8 heteroatoms. The maximum Gasteiger partial charge on any atom is 0.244 e. The molecule has 0 fully saturated rings. The molecule has 1 heterocycles. The van der Waals surface area contributed by atoms with Crippen LogP contribution in [-0.2, 0) is 6.54 Å². The van der Waals surface area contributed by atoms with E-state index in [0.29, 0.717) is 39.1 Å². The summed E-state index contributed by atoms with van der Waals surface area (Å²) < 4.78 is 0. The zero-order valence-corrected chi connectivity index (χ0v) is 14.6. The topological polar surface area (TPSA) is 62.7 Å². The van der Waals surface area contributed by atoms with Crippen molar-refractivity contribution in [1.82, 2.24) is 15.2 Å². The number of nitrogens with zero attached hydrogens (tertiary/aromatic N) is 3. The molecular formula is C16H12Cl3N5. The van der Waals surface area contributed by atoms with Gasteiger partial charge in [-0.15, -0.1) is 5.10 Å². The first-order chi connectivity index (χ1) is 11.6. The number of benzene rings is 2. The van der Waals surface area contributed by atoms with Gasteiger partial charge in [-0.1, -0.05) is 59.1 Å². The van der Waals surface area contributed by atoms with Crippen LogP contribution in [0.3, 0.4) is 0 Å². The number of anilines is 3. The van der Waals surface area contributed by atoms with Crippen LogP contribution in [0.25, 0.3) is 0 Å². The van der Waals surface area contributed by atoms with Crippen LogP contribution in [0.2, 0.25) is 15.1 Å². The minimum Gasteiger partial charge on any atom is -0.349 e. The van der Waals surface area contributed by atoms with Crippen LogP contribution >= 0.6 is 34.8 Å². The summed E-state index contributed by atoms with van der Waals surface area (Å²) in [6.07, 6.45) is 1.49. The highest BCUT2D eigenvalue weighted by Crippen LogP contribution is 2.31. The monoisotopic (exact) mass is 379 g/mol. The normalized spacial score (nSPS) is 10.5. The molecule has 0 saturated carbocycles. The second kappa shape index (κ2) is 7.66. The van der Waals surface area contributed by atoms with Gasteiger partial charge in [0.05, 0.1) is 21.9 Å². The molecule has 3 rings (SSSR count). The number of para-hydroxylation sites is 1. The molecule has 0 amide bonds. The van der Waals surface area contributed by atoms with Gasteiger partial charge in [-0.05, 0) is 23.8 Å². The van der Waals surface area contributed by atoms with E-state index in [1.165, 1.54) is 6.20 Å². The summed E-state index contributed by atoms with van der Waals surface area (Å²) in [4.78, 5) is 4.34. The lowest BCUT2D eigenvalue weighted by molar-refractivity contribution is 0.949. The Hall–Kier alpha value is -2.08. The molecule has 0 unspecified atom stereocenters. The van der Waals surface area contributed by atoms with E-state index in [1.807, 2.05) is 24.3 Å². The summed E-state index contributed by atoms with van der Waals surface area (Å²) in [6.45, 7) is 0.484. The van der Waals surface area contributed by atoms with Crippen molar-refractivity contribution in [2.45, 2.75) is 6.54 Å². The van der Waals surface area contributed by atoms with Gasteiger partial charge in [-0.2, -0.15) is 10.1 Å². The van der Waals surface area contributed by atoms with Crippen molar-refractivity contribution in [2.24, 2.45) is 0 Å². The zero-order valence-electron chi connectivity index (χ0n) is 12.3. The van der Waals surface area contributed by atoms with E-state index in [0.717, 1.165) is 5.56 Å². The molecule has 0 saturated heterocycles. The van der Waals surface area contributed by atoms with Gasteiger partial charge in [-0.25, -0.2) is 0 Å². The Kier molecular flexibility index (Phi) is 5.35. The van der Waals surface area contributed by atoms with E-state index in [2.05, 4.69) is 25.8 Å². The Morgan fingerprint density at radius 1 is 0.875 bits per heavy atom. The van der Waals surface area contributed by atoms with Crippen LogP contribution in [0.5, 0.6) is 0 Å². The SMILES string of the molecule is Clc1ccccc1CNc1nncc(Nc2c(Cl)cccc2Cl)n1. The van der Waals surface area contributed by atoms with Crippen LogP contribution in [0, 0.1) is 0 Å². The van der Waals surface area contributed by atoms with Crippen LogP contribution in [0.4, 0.5) is 17.5 Å². The molecule has 3 aromatic rings. The van der Waals surface area contributed by atoms with Crippen molar-refractivity contribution in [1.29, 1.82) is 0 Å². The van der Waals surface area contributed by atoms with Crippen molar-refractivity contribution in [3.05, 3.63) is 69.3 Å². The predicted octanol–water partition coefficient (Wildman–Crippen LogP) is 5.19. The molecule has 0 bridgehead atoms. The third kappa shape index (κ3) is 4.06. The van der Waals surface area contributed by atoms with E-state index >= 15 is 0 Å². The molecule has 0 radical (unpaired) electrons. The lowest BCUT2D eigenvalue weighted by Crippen LogP contribution is -2.07. The van der Waals surface area contributed by atoms with Gasteiger partial charge in [0.15, 0.2) is 5.82 Å². The van der Waals surface area contributed by atoms with E-state index < -0.39 is 0 Å². The average molecular weight is 381 g/mol. The van der Waals surface area contributed by atoms with Gasteiger partial charge >= 0.3 is 0 Å². The number of nitrogens with one attached hydrogen (secondary N) is 2. The van der Waals surface area contributed by atoms with Crippen LogP contribution in [-0.4, -0.2) is 15.2 Å². The van der Waals surface area contributed by atoms with Crippen molar-refractivity contribution in [3.63, 3.8) is 0 Å². The van der Waals surface area contributed by atoms with Gasteiger partial charge in [0, 0.05) is 11.6 Å². The number of aromatic nitrogens is 3. The van der Waals surface area contributed by atoms with Crippen molar-refractivity contribution in [2.75, 3.05) is 10.6 Å². The molecule has 2 aromatic carbocycles. The van der Waals surface area contributed by atoms with Crippen LogP contribution in [0.15, 0.2) is 48.7 Å². The highest BCUT2D eigenvalue weighted by atomic mass is 35.5. The first-order valence-electron chi connectivity index (χ1n) is 7.01. The van der Waals surface area contributed by atoms with Gasteiger partial charge in [0.1, 0.15) is 0 Å². The van der Waals surface area contributed by atoms with E-state index in [-0.39, 0.29) is 0 Å². The van der Waals surface area contributed by atoms with Gasteiger partial charge < -0.3 is 10.6 Å². The largest absolute Gasteiger partial charge is 0.349 e. The number of halogens is 3. The first-order valence-corrected chi connectivity index (χ1v) is 8.15. The van der Waals surface area contributed by atoms with E-state index in [9.17, 15) is 0 Å². The Morgan fingerprint density at radius 2 is 1.58 bits per heavy atom. The van der Waals surface area contributed by atoms with Crippen molar-refractivity contribution in [3.8, 4) is 0 Å². The summed E-state index contributed by atoms with van der Waals surface area (Å²) in [6, 6.07) is 12.8. The molecular weight excluding hydrogens is 369 g/mol.